The summed E-state index contributed by atoms with van der Waals surface area (Å²) in [6.45, 7) is 1.08. The van der Waals surface area contributed by atoms with Gasteiger partial charge in [0.25, 0.3) is 0 Å². The number of nitriles is 1. The molecule has 1 N–H and O–H groups in total. The molecule has 66 valence electrons. The van der Waals surface area contributed by atoms with Crippen molar-refractivity contribution in [2.24, 2.45) is 0 Å². The first-order valence-corrected chi connectivity index (χ1v) is 4.49. The number of hydrogen-bond acceptors (Lipinski definition) is 3. The Balaban J connectivity index is 2.18. The second kappa shape index (κ2) is 3.55. The highest BCUT2D eigenvalue weighted by molar-refractivity contribution is 5.27. The molecule has 2 heterocycles. The van der Waals surface area contributed by atoms with Gasteiger partial charge in [-0.1, -0.05) is 0 Å². The van der Waals surface area contributed by atoms with E-state index < -0.39 is 0 Å². The molecule has 1 aliphatic heterocycles. The van der Waals surface area contributed by atoms with Crippen molar-refractivity contribution in [3.05, 3.63) is 29.6 Å². The Kier molecular flexibility index (Phi) is 2.24. The number of aromatic nitrogens is 1. The van der Waals surface area contributed by atoms with E-state index in [4.69, 9.17) is 5.26 Å². The minimum Gasteiger partial charge on any atom is -0.309 e. The van der Waals surface area contributed by atoms with E-state index in [0.717, 1.165) is 18.7 Å². The number of pyridine rings is 1. The average Bonchev–Trinajstić information content (AvgIpc) is 2.71. The lowest BCUT2D eigenvalue weighted by atomic mass is 10.1. The van der Waals surface area contributed by atoms with Crippen LogP contribution in [0.5, 0.6) is 0 Å². The van der Waals surface area contributed by atoms with Gasteiger partial charge in [-0.15, -0.1) is 0 Å². The molecule has 1 aliphatic rings. The Morgan fingerprint density at radius 2 is 2.46 bits per heavy atom. The highest BCUT2D eigenvalue weighted by atomic mass is 15.0. The van der Waals surface area contributed by atoms with Crippen LogP contribution in [0.25, 0.3) is 0 Å². The Bertz CT molecular complexity index is 317. The predicted octanol–water partition coefficient (Wildman–Crippen LogP) is 1.38. The van der Waals surface area contributed by atoms with Gasteiger partial charge in [-0.05, 0) is 31.5 Å². The van der Waals surface area contributed by atoms with E-state index in [1.165, 1.54) is 6.42 Å². The van der Waals surface area contributed by atoms with Crippen molar-refractivity contribution in [1.29, 1.82) is 5.26 Å². The summed E-state index contributed by atoms with van der Waals surface area (Å²) in [6.07, 6.45) is 4.00. The maximum absolute atomic E-state index is 8.59. The van der Waals surface area contributed by atoms with E-state index in [-0.39, 0.29) is 0 Å². The zero-order valence-electron chi connectivity index (χ0n) is 7.33. The average molecular weight is 173 g/mol. The van der Waals surface area contributed by atoms with Crippen LogP contribution >= 0.6 is 0 Å². The van der Waals surface area contributed by atoms with Gasteiger partial charge in [-0.3, -0.25) is 4.98 Å². The van der Waals surface area contributed by atoms with Gasteiger partial charge < -0.3 is 5.32 Å². The maximum atomic E-state index is 8.59. The third-order valence-corrected chi connectivity index (χ3v) is 2.33. The number of nitrogens with one attached hydrogen (secondary N) is 1. The van der Waals surface area contributed by atoms with Crippen LogP contribution in [0.4, 0.5) is 0 Å². The van der Waals surface area contributed by atoms with Crippen LogP contribution in [0.15, 0.2) is 18.3 Å². The summed E-state index contributed by atoms with van der Waals surface area (Å²) in [4.78, 5) is 4.25. The standard InChI is InChI=1S/C10H11N3/c11-6-8-3-4-10(13-7-8)9-2-1-5-12-9/h3-4,7,9,12H,1-2,5H2. The third-order valence-electron chi connectivity index (χ3n) is 2.33. The van der Waals surface area contributed by atoms with Gasteiger partial charge >= 0.3 is 0 Å². The van der Waals surface area contributed by atoms with Crippen molar-refractivity contribution >= 4 is 0 Å². The van der Waals surface area contributed by atoms with E-state index in [9.17, 15) is 0 Å². The lowest BCUT2D eigenvalue weighted by Gasteiger charge is -2.08. The molecule has 3 heteroatoms. The van der Waals surface area contributed by atoms with E-state index >= 15 is 0 Å². The number of nitrogens with zero attached hydrogens (tertiary/aromatic N) is 2. The molecule has 0 amide bonds. The minimum atomic E-state index is 0.396. The quantitative estimate of drug-likeness (QED) is 0.698. The number of rotatable bonds is 1. The van der Waals surface area contributed by atoms with Gasteiger partial charge in [-0.25, -0.2) is 0 Å². The molecule has 0 aliphatic carbocycles. The van der Waals surface area contributed by atoms with Crippen molar-refractivity contribution in [3.8, 4) is 6.07 Å². The molecule has 13 heavy (non-hydrogen) atoms. The van der Waals surface area contributed by atoms with Crippen LogP contribution in [-0.4, -0.2) is 11.5 Å². The lowest BCUT2D eigenvalue weighted by Crippen LogP contribution is -2.13. The molecule has 1 aromatic rings. The summed E-state index contributed by atoms with van der Waals surface area (Å²) in [6, 6.07) is 6.21. The fourth-order valence-electron chi connectivity index (χ4n) is 1.61. The monoisotopic (exact) mass is 173 g/mol. The van der Waals surface area contributed by atoms with Gasteiger partial charge in [0.1, 0.15) is 6.07 Å². The Morgan fingerprint density at radius 3 is 3.00 bits per heavy atom. The lowest BCUT2D eigenvalue weighted by molar-refractivity contribution is 0.628. The first-order chi connectivity index (χ1) is 6.40. The summed E-state index contributed by atoms with van der Waals surface area (Å²) < 4.78 is 0. The first kappa shape index (κ1) is 8.21. The zero-order chi connectivity index (χ0) is 9.10. The fraction of sp³-hybridized carbons (Fsp3) is 0.400. The topological polar surface area (TPSA) is 48.7 Å². The molecule has 1 atom stereocenters. The molecular weight excluding hydrogens is 162 g/mol. The second-order valence-electron chi connectivity index (χ2n) is 3.23. The van der Waals surface area contributed by atoms with Crippen LogP contribution in [0, 0.1) is 11.3 Å². The second-order valence-corrected chi connectivity index (χ2v) is 3.23. The van der Waals surface area contributed by atoms with Crippen LogP contribution in [0.1, 0.15) is 30.1 Å². The van der Waals surface area contributed by atoms with Gasteiger partial charge in [0.2, 0.25) is 0 Å². The van der Waals surface area contributed by atoms with Crippen LogP contribution in [0.3, 0.4) is 0 Å². The van der Waals surface area contributed by atoms with E-state index in [2.05, 4.69) is 16.4 Å². The third kappa shape index (κ3) is 1.68. The first-order valence-electron chi connectivity index (χ1n) is 4.49. The molecule has 0 bridgehead atoms. The highest BCUT2D eigenvalue weighted by Gasteiger charge is 2.16. The Labute approximate surface area is 77.4 Å². The summed E-state index contributed by atoms with van der Waals surface area (Å²) in [5.41, 5.74) is 1.68. The van der Waals surface area contributed by atoms with Gasteiger partial charge in [0, 0.05) is 12.2 Å². The SMILES string of the molecule is N#Cc1ccc(C2CCCN2)nc1. The van der Waals surface area contributed by atoms with Crippen molar-refractivity contribution in [2.75, 3.05) is 6.54 Å². The molecule has 1 fully saturated rings. The summed E-state index contributed by atoms with van der Waals surface area (Å²) in [7, 11) is 0. The number of hydrogen-bond donors (Lipinski definition) is 1. The summed E-state index contributed by atoms with van der Waals surface area (Å²) >= 11 is 0. The van der Waals surface area contributed by atoms with Crippen molar-refractivity contribution in [3.63, 3.8) is 0 Å². The van der Waals surface area contributed by atoms with Crippen molar-refractivity contribution in [1.82, 2.24) is 10.3 Å². The van der Waals surface area contributed by atoms with E-state index in [1.54, 1.807) is 6.20 Å². The van der Waals surface area contributed by atoms with Crippen LogP contribution in [0.2, 0.25) is 0 Å². The highest BCUT2D eigenvalue weighted by Crippen LogP contribution is 2.20. The van der Waals surface area contributed by atoms with Gasteiger partial charge in [0.15, 0.2) is 0 Å². The minimum absolute atomic E-state index is 0.396. The maximum Gasteiger partial charge on any atom is 0.101 e. The fourth-order valence-corrected chi connectivity index (χ4v) is 1.61. The largest absolute Gasteiger partial charge is 0.309 e. The smallest absolute Gasteiger partial charge is 0.101 e. The summed E-state index contributed by atoms with van der Waals surface area (Å²) in [5, 5.41) is 12.0. The predicted molar refractivity (Wildman–Crippen MR) is 48.9 cm³/mol. The molecule has 1 unspecified atom stereocenters. The van der Waals surface area contributed by atoms with Crippen LogP contribution in [-0.2, 0) is 0 Å². The molecule has 1 saturated heterocycles. The zero-order valence-corrected chi connectivity index (χ0v) is 7.33. The summed E-state index contributed by atoms with van der Waals surface area (Å²) in [5.74, 6) is 0. The Morgan fingerprint density at radius 1 is 1.54 bits per heavy atom. The molecule has 0 radical (unpaired) electrons. The van der Waals surface area contributed by atoms with E-state index in [1.807, 2.05) is 12.1 Å². The van der Waals surface area contributed by atoms with Crippen molar-refractivity contribution in [2.45, 2.75) is 18.9 Å². The van der Waals surface area contributed by atoms with Gasteiger partial charge in [0.05, 0.1) is 11.3 Å². The molecular formula is C10H11N3. The molecule has 1 aromatic heterocycles. The Hall–Kier alpha value is -1.40. The molecule has 2 rings (SSSR count). The molecule has 3 nitrogen and oxygen atoms in total. The molecule has 0 aromatic carbocycles. The van der Waals surface area contributed by atoms with E-state index in [0.29, 0.717) is 11.6 Å². The molecule has 0 saturated carbocycles. The van der Waals surface area contributed by atoms with Gasteiger partial charge in [-0.2, -0.15) is 5.26 Å². The van der Waals surface area contributed by atoms with Crippen LogP contribution < -0.4 is 5.32 Å². The normalized spacial score (nSPS) is 21.3. The van der Waals surface area contributed by atoms with Crippen molar-refractivity contribution < 1.29 is 0 Å². The molecule has 0 spiro atoms.